The molecule has 0 aliphatic carbocycles. The SMILES string of the molecule is CC(O)CCN(C)c1ccc(F)cc1N. The maximum Gasteiger partial charge on any atom is 0.125 e. The highest BCUT2D eigenvalue weighted by molar-refractivity contribution is 5.67. The Hall–Kier alpha value is -1.29. The summed E-state index contributed by atoms with van der Waals surface area (Å²) < 4.78 is 12.8. The maximum atomic E-state index is 12.8. The number of hydrogen-bond donors (Lipinski definition) is 2. The predicted molar refractivity (Wildman–Crippen MR) is 60.4 cm³/mol. The van der Waals surface area contributed by atoms with Crippen LogP contribution in [0.15, 0.2) is 18.2 Å². The highest BCUT2D eigenvalue weighted by Crippen LogP contribution is 2.22. The summed E-state index contributed by atoms with van der Waals surface area (Å²) in [5, 5.41) is 9.14. The molecule has 1 aromatic carbocycles. The highest BCUT2D eigenvalue weighted by atomic mass is 19.1. The second-order valence-electron chi connectivity index (χ2n) is 3.76. The van der Waals surface area contributed by atoms with E-state index in [2.05, 4.69) is 0 Å². The molecule has 15 heavy (non-hydrogen) atoms. The van der Waals surface area contributed by atoms with Crippen molar-refractivity contribution in [3.63, 3.8) is 0 Å². The number of rotatable bonds is 4. The van der Waals surface area contributed by atoms with Gasteiger partial charge in [-0.05, 0) is 31.5 Å². The summed E-state index contributed by atoms with van der Waals surface area (Å²) in [5.74, 6) is -0.333. The number of nitrogens with two attached hydrogens (primary N) is 1. The van der Waals surface area contributed by atoms with E-state index < -0.39 is 0 Å². The van der Waals surface area contributed by atoms with Gasteiger partial charge in [-0.1, -0.05) is 0 Å². The normalized spacial score (nSPS) is 12.5. The van der Waals surface area contributed by atoms with Crippen LogP contribution in [-0.2, 0) is 0 Å². The minimum atomic E-state index is -0.339. The fraction of sp³-hybridized carbons (Fsp3) is 0.455. The van der Waals surface area contributed by atoms with E-state index in [0.29, 0.717) is 18.7 Å². The van der Waals surface area contributed by atoms with Crippen molar-refractivity contribution in [2.75, 3.05) is 24.2 Å². The van der Waals surface area contributed by atoms with E-state index in [0.717, 1.165) is 5.69 Å². The largest absolute Gasteiger partial charge is 0.397 e. The van der Waals surface area contributed by atoms with Gasteiger partial charge in [-0.25, -0.2) is 4.39 Å². The van der Waals surface area contributed by atoms with Crippen LogP contribution >= 0.6 is 0 Å². The highest BCUT2D eigenvalue weighted by Gasteiger charge is 2.07. The third kappa shape index (κ3) is 3.40. The number of nitrogens with zero attached hydrogens (tertiary/aromatic N) is 1. The standard InChI is InChI=1S/C11H17FN2O/c1-8(15)5-6-14(2)11-4-3-9(12)7-10(11)13/h3-4,7-8,15H,5-6,13H2,1-2H3. The molecule has 0 aliphatic rings. The lowest BCUT2D eigenvalue weighted by Gasteiger charge is -2.21. The van der Waals surface area contributed by atoms with Crippen molar-refractivity contribution < 1.29 is 9.50 Å². The zero-order chi connectivity index (χ0) is 11.4. The van der Waals surface area contributed by atoms with Crippen molar-refractivity contribution in [3.8, 4) is 0 Å². The van der Waals surface area contributed by atoms with Crippen LogP contribution in [0, 0.1) is 5.82 Å². The Morgan fingerprint density at radius 3 is 2.73 bits per heavy atom. The Balaban J connectivity index is 2.69. The fourth-order valence-electron chi connectivity index (χ4n) is 1.37. The van der Waals surface area contributed by atoms with Crippen LogP contribution in [0.1, 0.15) is 13.3 Å². The lowest BCUT2D eigenvalue weighted by atomic mass is 10.2. The second-order valence-corrected chi connectivity index (χ2v) is 3.76. The summed E-state index contributed by atoms with van der Waals surface area (Å²) >= 11 is 0. The van der Waals surface area contributed by atoms with Gasteiger partial charge < -0.3 is 15.7 Å². The summed E-state index contributed by atoms with van der Waals surface area (Å²) in [6.07, 6.45) is 0.321. The first-order valence-corrected chi connectivity index (χ1v) is 4.95. The van der Waals surface area contributed by atoms with Crippen molar-refractivity contribution in [1.82, 2.24) is 0 Å². The maximum absolute atomic E-state index is 12.8. The lowest BCUT2D eigenvalue weighted by Crippen LogP contribution is -2.22. The number of anilines is 2. The number of benzene rings is 1. The van der Waals surface area contributed by atoms with Crippen LogP contribution in [0.2, 0.25) is 0 Å². The van der Waals surface area contributed by atoms with Gasteiger partial charge in [0.05, 0.1) is 17.5 Å². The van der Waals surface area contributed by atoms with E-state index >= 15 is 0 Å². The molecule has 0 radical (unpaired) electrons. The topological polar surface area (TPSA) is 49.5 Å². The molecule has 1 atom stereocenters. The van der Waals surface area contributed by atoms with E-state index in [-0.39, 0.29) is 11.9 Å². The zero-order valence-electron chi connectivity index (χ0n) is 9.07. The molecule has 0 saturated heterocycles. The molecule has 0 saturated carbocycles. The minimum Gasteiger partial charge on any atom is -0.397 e. The first-order valence-electron chi connectivity index (χ1n) is 4.95. The third-order valence-corrected chi connectivity index (χ3v) is 2.28. The number of hydrogen-bond acceptors (Lipinski definition) is 3. The third-order valence-electron chi connectivity index (χ3n) is 2.28. The Morgan fingerprint density at radius 1 is 1.53 bits per heavy atom. The Kier molecular flexibility index (Phi) is 3.91. The average molecular weight is 212 g/mol. The number of nitrogen functional groups attached to an aromatic ring is 1. The molecule has 1 aromatic rings. The summed E-state index contributed by atoms with van der Waals surface area (Å²) in [4.78, 5) is 1.90. The molecule has 3 N–H and O–H groups in total. The first-order chi connectivity index (χ1) is 7.00. The van der Waals surface area contributed by atoms with Crippen LogP contribution in [0.3, 0.4) is 0 Å². The van der Waals surface area contributed by atoms with Gasteiger partial charge in [-0.15, -0.1) is 0 Å². The Morgan fingerprint density at radius 2 is 2.20 bits per heavy atom. The van der Waals surface area contributed by atoms with Crippen LogP contribution in [-0.4, -0.2) is 24.8 Å². The van der Waals surface area contributed by atoms with Gasteiger partial charge in [-0.2, -0.15) is 0 Å². The molecule has 1 unspecified atom stereocenters. The first kappa shape index (κ1) is 11.8. The van der Waals surface area contributed by atoms with Gasteiger partial charge in [0.15, 0.2) is 0 Å². The van der Waals surface area contributed by atoms with Crippen molar-refractivity contribution in [1.29, 1.82) is 0 Å². The predicted octanol–water partition coefficient (Wildman–Crippen LogP) is 1.61. The lowest BCUT2D eigenvalue weighted by molar-refractivity contribution is 0.187. The smallest absolute Gasteiger partial charge is 0.125 e. The van der Waals surface area contributed by atoms with Crippen molar-refractivity contribution in [3.05, 3.63) is 24.0 Å². The van der Waals surface area contributed by atoms with Crippen molar-refractivity contribution >= 4 is 11.4 Å². The average Bonchev–Trinajstić information content (AvgIpc) is 2.14. The van der Waals surface area contributed by atoms with Crippen molar-refractivity contribution in [2.24, 2.45) is 0 Å². The van der Waals surface area contributed by atoms with Crippen LogP contribution in [0.25, 0.3) is 0 Å². The van der Waals surface area contributed by atoms with Gasteiger partial charge in [0.1, 0.15) is 5.82 Å². The quantitative estimate of drug-likeness (QED) is 0.745. The van der Waals surface area contributed by atoms with Gasteiger partial charge in [0.2, 0.25) is 0 Å². The van der Waals surface area contributed by atoms with E-state index in [1.165, 1.54) is 12.1 Å². The van der Waals surface area contributed by atoms with Gasteiger partial charge in [0, 0.05) is 13.6 Å². The molecule has 0 heterocycles. The number of aliphatic hydroxyl groups excluding tert-OH is 1. The summed E-state index contributed by atoms with van der Waals surface area (Å²) in [5.41, 5.74) is 6.89. The molecule has 0 aliphatic heterocycles. The Bertz CT molecular complexity index is 328. The monoisotopic (exact) mass is 212 g/mol. The summed E-state index contributed by atoms with van der Waals surface area (Å²) in [6, 6.07) is 4.32. The minimum absolute atomic E-state index is 0.333. The second kappa shape index (κ2) is 4.98. The fourth-order valence-corrected chi connectivity index (χ4v) is 1.37. The number of aliphatic hydroxyl groups is 1. The molecule has 3 nitrogen and oxygen atoms in total. The molecule has 4 heteroatoms. The van der Waals surface area contributed by atoms with E-state index in [1.54, 1.807) is 13.0 Å². The molecule has 0 spiro atoms. The van der Waals surface area contributed by atoms with Crippen molar-refractivity contribution in [2.45, 2.75) is 19.4 Å². The molecular formula is C11H17FN2O. The molecule has 0 bridgehead atoms. The Labute approximate surface area is 89.3 Å². The van der Waals surface area contributed by atoms with Gasteiger partial charge >= 0.3 is 0 Å². The molecule has 84 valence electrons. The van der Waals surface area contributed by atoms with E-state index in [1.807, 2.05) is 11.9 Å². The summed E-state index contributed by atoms with van der Waals surface area (Å²) in [6.45, 7) is 2.43. The van der Waals surface area contributed by atoms with E-state index in [4.69, 9.17) is 10.8 Å². The molecule has 0 fully saturated rings. The molecule has 0 aromatic heterocycles. The van der Waals surface area contributed by atoms with Crippen LogP contribution in [0.4, 0.5) is 15.8 Å². The molecule has 0 amide bonds. The molecule has 1 rings (SSSR count). The zero-order valence-corrected chi connectivity index (χ0v) is 9.07. The van der Waals surface area contributed by atoms with E-state index in [9.17, 15) is 4.39 Å². The van der Waals surface area contributed by atoms with Gasteiger partial charge in [0.25, 0.3) is 0 Å². The van der Waals surface area contributed by atoms with Gasteiger partial charge in [-0.3, -0.25) is 0 Å². The number of halogens is 1. The summed E-state index contributed by atoms with van der Waals surface area (Å²) in [7, 11) is 1.87. The molecular weight excluding hydrogens is 195 g/mol. The van der Waals surface area contributed by atoms with Crippen LogP contribution < -0.4 is 10.6 Å². The van der Waals surface area contributed by atoms with Crippen LogP contribution in [0.5, 0.6) is 0 Å².